The van der Waals surface area contributed by atoms with Gasteiger partial charge in [0.2, 0.25) is 0 Å². The zero-order valence-corrected chi connectivity index (χ0v) is 21.4. The number of aliphatic imine (C=N–C) groups is 1. The molecule has 0 spiro atoms. The van der Waals surface area contributed by atoms with Gasteiger partial charge in [-0.25, -0.2) is 4.98 Å². The first-order chi connectivity index (χ1) is 15.2. The fourth-order valence-corrected chi connectivity index (χ4v) is 4.22. The summed E-state index contributed by atoms with van der Waals surface area (Å²) >= 11 is 0. The molecule has 0 aliphatic carbocycles. The van der Waals surface area contributed by atoms with Gasteiger partial charge in [-0.05, 0) is 24.2 Å². The van der Waals surface area contributed by atoms with Crippen LogP contribution in [0.25, 0.3) is 0 Å². The fraction of sp³-hybridized carbons (Fsp3) is 0.591. The number of piperazine rings is 2. The minimum Gasteiger partial charge on any atom is -0.364 e. The van der Waals surface area contributed by atoms with Crippen molar-refractivity contribution >= 4 is 35.8 Å². The van der Waals surface area contributed by atoms with Gasteiger partial charge in [-0.3, -0.25) is 9.89 Å². The van der Waals surface area contributed by atoms with E-state index in [-0.39, 0.29) is 24.0 Å². The normalized spacial score (nSPS) is 18.5. The number of pyridine rings is 1. The summed E-state index contributed by atoms with van der Waals surface area (Å²) in [6, 6.07) is 6.22. The number of hydrogen-bond donors (Lipinski definition) is 1. The van der Waals surface area contributed by atoms with Gasteiger partial charge in [0.05, 0.1) is 5.69 Å². The molecule has 0 radical (unpaired) electrons. The molecule has 2 aliphatic heterocycles. The van der Waals surface area contributed by atoms with Crippen LogP contribution in [0, 0.1) is 0 Å². The summed E-state index contributed by atoms with van der Waals surface area (Å²) in [5.74, 6) is 2.03. The number of rotatable bonds is 6. The molecule has 4 rings (SSSR count). The summed E-state index contributed by atoms with van der Waals surface area (Å²) in [7, 11) is 1.86. The standard InChI is InChI=1S/C22H34N8O.HI/c1-3-27-7-11-29(12-8-27)21-16-19(4-6-24-21)17-25-22(23-2)30-13-9-28(10-14-30)18-20-5-15-31-26-20;/h4-6,15-16H,3,7-14,17-18H2,1-2H3,(H,23,25);1H. The summed E-state index contributed by atoms with van der Waals surface area (Å²) in [6.45, 7) is 13.1. The number of aromatic nitrogens is 2. The first-order valence-corrected chi connectivity index (χ1v) is 11.2. The van der Waals surface area contributed by atoms with Crippen LogP contribution in [-0.2, 0) is 13.1 Å². The topological polar surface area (TPSA) is 76.3 Å². The van der Waals surface area contributed by atoms with Crippen molar-refractivity contribution in [1.82, 2.24) is 30.2 Å². The van der Waals surface area contributed by atoms with Crippen LogP contribution in [0.5, 0.6) is 0 Å². The highest BCUT2D eigenvalue weighted by Crippen LogP contribution is 2.15. The number of halogens is 1. The van der Waals surface area contributed by atoms with Crippen molar-refractivity contribution in [3.63, 3.8) is 0 Å². The van der Waals surface area contributed by atoms with Crippen LogP contribution in [0.15, 0.2) is 40.2 Å². The van der Waals surface area contributed by atoms with E-state index in [1.807, 2.05) is 19.3 Å². The Labute approximate surface area is 207 Å². The number of hydrogen-bond acceptors (Lipinski definition) is 7. The lowest BCUT2D eigenvalue weighted by atomic mass is 10.2. The monoisotopic (exact) mass is 554 g/mol. The first kappa shape index (κ1) is 24.7. The van der Waals surface area contributed by atoms with Gasteiger partial charge in [0, 0.05) is 84.8 Å². The van der Waals surface area contributed by atoms with Gasteiger partial charge in [0.15, 0.2) is 5.96 Å². The maximum Gasteiger partial charge on any atom is 0.194 e. The number of anilines is 1. The van der Waals surface area contributed by atoms with Crippen LogP contribution < -0.4 is 10.2 Å². The van der Waals surface area contributed by atoms with Gasteiger partial charge in [-0.15, -0.1) is 24.0 Å². The third kappa shape index (κ3) is 6.55. The molecule has 2 aromatic rings. The average molecular weight is 554 g/mol. The number of guanidine groups is 1. The summed E-state index contributed by atoms with van der Waals surface area (Å²) in [6.07, 6.45) is 3.55. The molecule has 0 aromatic carbocycles. The quantitative estimate of drug-likeness (QED) is 0.329. The second-order valence-corrected chi connectivity index (χ2v) is 8.10. The van der Waals surface area contributed by atoms with Gasteiger partial charge in [-0.2, -0.15) is 0 Å². The third-order valence-electron chi connectivity index (χ3n) is 6.16. The Bertz CT molecular complexity index is 830. The molecule has 32 heavy (non-hydrogen) atoms. The molecule has 2 aliphatic rings. The molecule has 0 amide bonds. The maximum atomic E-state index is 4.94. The molecule has 10 heteroatoms. The maximum absolute atomic E-state index is 4.94. The smallest absolute Gasteiger partial charge is 0.194 e. The number of likely N-dealkylation sites (N-methyl/N-ethyl adjacent to an activating group) is 1. The van der Waals surface area contributed by atoms with E-state index in [9.17, 15) is 0 Å². The van der Waals surface area contributed by atoms with Crippen LogP contribution in [0.3, 0.4) is 0 Å². The molecule has 4 heterocycles. The summed E-state index contributed by atoms with van der Waals surface area (Å²) < 4.78 is 4.94. The lowest BCUT2D eigenvalue weighted by molar-refractivity contribution is 0.169. The molecule has 9 nitrogen and oxygen atoms in total. The molecule has 1 N–H and O–H groups in total. The minimum atomic E-state index is 0. The van der Waals surface area contributed by atoms with Gasteiger partial charge in [-0.1, -0.05) is 12.1 Å². The molecule has 0 saturated carbocycles. The highest BCUT2D eigenvalue weighted by molar-refractivity contribution is 14.0. The predicted molar refractivity (Wildman–Crippen MR) is 138 cm³/mol. The second kappa shape index (κ2) is 12.4. The van der Waals surface area contributed by atoms with E-state index in [0.29, 0.717) is 0 Å². The minimum absolute atomic E-state index is 0. The largest absolute Gasteiger partial charge is 0.364 e. The Morgan fingerprint density at radius 1 is 1.06 bits per heavy atom. The van der Waals surface area contributed by atoms with Gasteiger partial charge in [0.25, 0.3) is 0 Å². The van der Waals surface area contributed by atoms with Gasteiger partial charge < -0.3 is 24.5 Å². The SMILES string of the molecule is CCN1CCN(c2cc(CNC(=NC)N3CCN(Cc4ccon4)CC3)ccn2)CC1.I. The average Bonchev–Trinajstić information content (AvgIpc) is 3.34. The lowest BCUT2D eigenvalue weighted by Crippen LogP contribution is -2.52. The van der Waals surface area contributed by atoms with Crippen molar-refractivity contribution in [2.75, 3.05) is 70.9 Å². The Morgan fingerprint density at radius 3 is 2.47 bits per heavy atom. The van der Waals surface area contributed by atoms with Crippen molar-refractivity contribution in [3.8, 4) is 0 Å². The van der Waals surface area contributed by atoms with Gasteiger partial charge in [0.1, 0.15) is 12.1 Å². The van der Waals surface area contributed by atoms with E-state index in [4.69, 9.17) is 4.52 Å². The van der Waals surface area contributed by atoms with Crippen molar-refractivity contribution in [3.05, 3.63) is 41.9 Å². The first-order valence-electron chi connectivity index (χ1n) is 11.2. The lowest BCUT2D eigenvalue weighted by Gasteiger charge is -2.36. The fourth-order valence-electron chi connectivity index (χ4n) is 4.22. The molecule has 176 valence electrons. The second-order valence-electron chi connectivity index (χ2n) is 8.10. The van der Waals surface area contributed by atoms with Crippen molar-refractivity contribution in [1.29, 1.82) is 0 Å². The molecule has 2 fully saturated rings. The van der Waals surface area contributed by atoms with E-state index in [0.717, 1.165) is 89.5 Å². The number of nitrogens with one attached hydrogen (secondary N) is 1. The highest BCUT2D eigenvalue weighted by atomic mass is 127. The van der Waals surface area contributed by atoms with E-state index in [1.54, 1.807) is 6.26 Å². The molecule has 0 atom stereocenters. The summed E-state index contributed by atoms with van der Waals surface area (Å²) in [4.78, 5) is 18.7. The number of nitrogens with zero attached hydrogens (tertiary/aromatic N) is 7. The Morgan fingerprint density at radius 2 is 1.81 bits per heavy atom. The zero-order valence-electron chi connectivity index (χ0n) is 19.1. The predicted octanol–water partition coefficient (Wildman–Crippen LogP) is 1.72. The Balaban J connectivity index is 0.00000289. The molecule has 0 unspecified atom stereocenters. The van der Waals surface area contributed by atoms with Crippen molar-refractivity contribution in [2.45, 2.75) is 20.0 Å². The van der Waals surface area contributed by atoms with E-state index in [1.165, 1.54) is 5.56 Å². The van der Waals surface area contributed by atoms with Crippen LogP contribution in [-0.4, -0.2) is 96.8 Å². The van der Waals surface area contributed by atoms with Crippen LogP contribution in [0.1, 0.15) is 18.2 Å². The zero-order chi connectivity index (χ0) is 21.5. The van der Waals surface area contributed by atoms with E-state index < -0.39 is 0 Å². The van der Waals surface area contributed by atoms with E-state index in [2.05, 4.69) is 59.1 Å². The van der Waals surface area contributed by atoms with Crippen LogP contribution in [0.4, 0.5) is 5.82 Å². The molecule has 2 aromatic heterocycles. The molecular formula is C22H35IN8O. The summed E-state index contributed by atoms with van der Waals surface area (Å²) in [5.41, 5.74) is 2.22. The van der Waals surface area contributed by atoms with Crippen LogP contribution in [0.2, 0.25) is 0 Å². The van der Waals surface area contributed by atoms with Gasteiger partial charge >= 0.3 is 0 Å². The molecular weight excluding hydrogens is 519 g/mol. The molecule has 2 saturated heterocycles. The molecule has 0 bridgehead atoms. The summed E-state index contributed by atoms with van der Waals surface area (Å²) in [5, 5.41) is 7.55. The van der Waals surface area contributed by atoms with E-state index >= 15 is 0 Å². The Kier molecular flexibility index (Phi) is 9.54. The van der Waals surface area contributed by atoms with Crippen molar-refractivity contribution < 1.29 is 4.52 Å². The Hall–Kier alpha value is -1.92. The third-order valence-corrected chi connectivity index (χ3v) is 6.16. The van der Waals surface area contributed by atoms with Crippen LogP contribution >= 0.6 is 24.0 Å². The highest BCUT2D eigenvalue weighted by Gasteiger charge is 2.21. The van der Waals surface area contributed by atoms with Crippen molar-refractivity contribution in [2.24, 2.45) is 4.99 Å².